The van der Waals surface area contributed by atoms with Crippen molar-refractivity contribution in [2.24, 2.45) is 4.99 Å². The molecule has 0 bridgehead atoms. The van der Waals surface area contributed by atoms with E-state index in [2.05, 4.69) is 4.99 Å². The minimum atomic E-state index is -0.1000. The molecule has 17 heavy (non-hydrogen) atoms. The number of hydrogen-bond donors (Lipinski definition) is 0. The first-order chi connectivity index (χ1) is 8.42. The number of rotatable bonds is 3. The molecule has 0 spiro atoms. The molecule has 0 radical (unpaired) electrons. The standard InChI is InChI=1S/C15H12N2/c16-11-12-17-15(13-7-3-1-4-8-13)14-9-5-2-6-10-14/h1-10,12,15H/b17-12+. The summed E-state index contributed by atoms with van der Waals surface area (Å²) < 4.78 is 0. The highest BCUT2D eigenvalue weighted by atomic mass is 14.8. The van der Waals surface area contributed by atoms with E-state index < -0.39 is 0 Å². The topological polar surface area (TPSA) is 36.1 Å². The smallest absolute Gasteiger partial charge is 0.111 e. The molecule has 0 saturated carbocycles. The molecule has 2 rings (SSSR count). The van der Waals surface area contributed by atoms with Gasteiger partial charge < -0.3 is 0 Å². The van der Waals surface area contributed by atoms with Crippen LogP contribution in [0.2, 0.25) is 0 Å². The number of hydrogen-bond acceptors (Lipinski definition) is 2. The summed E-state index contributed by atoms with van der Waals surface area (Å²) in [6, 6.07) is 21.8. The maximum absolute atomic E-state index is 8.61. The molecule has 2 aromatic rings. The van der Waals surface area contributed by atoms with Gasteiger partial charge in [0.2, 0.25) is 0 Å². The molecule has 0 aliphatic carbocycles. The molecule has 0 aromatic heterocycles. The minimum Gasteiger partial charge on any atom is -0.269 e. The zero-order valence-electron chi connectivity index (χ0n) is 9.32. The summed E-state index contributed by atoms with van der Waals surface area (Å²) in [5.41, 5.74) is 2.18. The molecule has 0 N–H and O–H groups in total. The normalized spacial score (nSPS) is 10.6. The van der Waals surface area contributed by atoms with Gasteiger partial charge in [-0.25, -0.2) is 0 Å². The van der Waals surface area contributed by atoms with Crippen molar-refractivity contribution >= 4 is 6.21 Å². The second-order valence-corrected chi connectivity index (χ2v) is 3.63. The van der Waals surface area contributed by atoms with Gasteiger partial charge in [0.15, 0.2) is 0 Å². The molecule has 2 aromatic carbocycles. The van der Waals surface area contributed by atoms with Crippen LogP contribution in [-0.4, -0.2) is 6.21 Å². The maximum Gasteiger partial charge on any atom is 0.111 e. The number of nitriles is 1. The molecular weight excluding hydrogens is 208 g/mol. The van der Waals surface area contributed by atoms with E-state index in [9.17, 15) is 0 Å². The maximum atomic E-state index is 8.61. The summed E-state index contributed by atoms with van der Waals surface area (Å²) in [5.74, 6) is 0. The van der Waals surface area contributed by atoms with E-state index in [1.807, 2.05) is 66.7 Å². The van der Waals surface area contributed by atoms with E-state index in [1.165, 1.54) is 6.21 Å². The third-order valence-corrected chi connectivity index (χ3v) is 2.51. The number of aliphatic imine (C=N–C) groups is 1. The van der Waals surface area contributed by atoms with Crippen molar-refractivity contribution in [1.82, 2.24) is 0 Å². The molecular formula is C15H12N2. The highest BCUT2D eigenvalue weighted by Gasteiger charge is 2.10. The fourth-order valence-electron chi connectivity index (χ4n) is 1.74. The molecule has 0 fully saturated rings. The lowest BCUT2D eigenvalue weighted by molar-refractivity contribution is 0.879. The van der Waals surface area contributed by atoms with E-state index in [0.29, 0.717) is 0 Å². The van der Waals surface area contributed by atoms with Gasteiger partial charge in [0.1, 0.15) is 12.1 Å². The van der Waals surface area contributed by atoms with Crippen molar-refractivity contribution in [1.29, 1.82) is 5.26 Å². The van der Waals surface area contributed by atoms with Gasteiger partial charge in [-0.05, 0) is 11.1 Å². The Morgan fingerprint density at radius 1 is 0.882 bits per heavy atom. The van der Waals surface area contributed by atoms with E-state index in [-0.39, 0.29) is 6.04 Å². The van der Waals surface area contributed by atoms with Gasteiger partial charge in [0, 0.05) is 0 Å². The highest BCUT2D eigenvalue weighted by Crippen LogP contribution is 2.25. The summed E-state index contributed by atoms with van der Waals surface area (Å²) in [6.07, 6.45) is 1.30. The van der Waals surface area contributed by atoms with Crippen LogP contribution in [0.3, 0.4) is 0 Å². The van der Waals surface area contributed by atoms with Gasteiger partial charge in [-0.2, -0.15) is 5.26 Å². The van der Waals surface area contributed by atoms with Crippen LogP contribution >= 0.6 is 0 Å². The molecule has 0 unspecified atom stereocenters. The van der Waals surface area contributed by atoms with Gasteiger partial charge in [-0.3, -0.25) is 4.99 Å². The first-order valence-electron chi connectivity index (χ1n) is 5.43. The molecule has 0 aliphatic heterocycles. The van der Waals surface area contributed by atoms with Crippen LogP contribution in [0.5, 0.6) is 0 Å². The third kappa shape index (κ3) is 2.79. The highest BCUT2D eigenvalue weighted by molar-refractivity contribution is 5.75. The Bertz CT molecular complexity index is 484. The Balaban J connectivity index is 2.40. The average Bonchev–Trinajstić information content (AvgIpc) is 2.42. The van der Waals surface area contributed by atoms with Crippen molar-refractivity contribution in [2.75, 3.05) is 0 Å². The summed E-state index contributed by atoms with van der Waals surface area (Å²) >= 11 is 0. The van der Waals surface area contributed by atoms with Crippen LogP contribution in [0.4, 0.5) is 0 Å². The van der Waals surface area contributed by atoms with E-state index in [0.717, 1.165) is 11.1 Å². The van der Waals surface area contributed by atoms with Crippen molar-refractivity contribution in [3.63, 3.8) is 0 Å². The molecule has 2 nitrogen and oxygen atoms in total. The number of benzene rings is 2. The van der Waals surface area contributed by atoms with E-state index in [1.54, 1.807) is 0 Å². The van der Waals surface area contributed by atoms with Gasteiger partial charge in [0.25, 0.3) is 0 Å². The van der Waals surface area contributed by atoms with Gasteiger partial charge in [-0.15, -0.1) is 0 Å². The molecule has 0 amide bonds. The summed E-state index contributed by atoms with van der Waals surface area (Å²) in [6.45, 7) is 0. The fraction of sp³-hybridized carbons (Fsp3) is 0.0667. The molecule has 0 atom stereocenters. The van der Waals surface area contributed by atoms with Crippen LogP contribution in [0.15, 0.2) is 65.7 Å². The lowest BCUT2D eigenvalue weighted by Crippen LogP contribution is -1.97. The molecule has 0 saturated heterocycles. The SMILES string of the molecule is N#C/C=N/C(c1ccccc1)c1ccccc1. The van der Waals surface area contributed by atoms with Gasteiger partial charge in [-0.1, -0.05) is 60.7 Å². The van der Waals surface area contributed by atoms with Crippen molar-refractivity contribution in [3.8, 4) is 6.07 Å². The third-order valence-electron chi connectivity index (χ3n) is 2.51. The predicted molar refractivity (Wildman–Crippen MR) is 68.8 cm³/mol. The molecule has 0 aliphatic rings. The zero-order chi connectivity index (χ0) is 11.9. The first kappa shape index (κ1) is 11.1. The van der Waals surface area contributed by atoms with Crippen LogP contribution in [-0.2, 0) is 0 Å². The Morgan fingerprint density at radius 2 is 1.35 bits per heavy atom. The largest absolute Gasteiger partial charge is 0.269 e. The van der Waals surface area contributed by atoms with Gasteiger partial charge >= 0.3 is 0 Å². The molecule has 82 valence electrons. The summed E-state index contributed by atoms with van der Waals surface area (Å²) in [7, 11) is 0. The number of nitrogens with zero attached hydrogens (tertiary/aromatic N) is 2. The lowest BCUT2D eigenvalue weighted by atomic mass is 9.99. The van der Waals surface area contributed by atoms with Gasteiger partial charge in [0.05, 0.1) is 6.21 Å². The van der Waals surface area contributed by atoms with Crippen LogP contribution in [0.1, 0.15) is 17.2 Å². The predicted octanol–water partition coefficient (Wildman–Crippen LogP) is 3.37. The average molecular weight is 220 g/mol. The molecule has 2 heteroatoms. The van der Waals surface area contributed by atoms with Crippen molar-refractivity contribution in [3.05, 3.63) is 71.8 Å². The Hall–Kier alpha value is -2.40. The second kappa shape index (κ2) is 5.62. The molecule has 0 heterocycles. The van der Waals surface area contributed by atoms with Crippen molar-refractivity contribution < 1.29 is 0 Å². The minimum absolute atomic E-state index is 0.1000. The quantitative estimate of drug-likeness (QED) is 0.730. The van der Waals surface area contributed by atoms with E-state index >= 15 is 0 Å². The van der Waals surface area contributed by atoms with E-state index in [4.69, 9.17) is 5.26 Å². The first-order valence-corrected chi connectivity index (χ1v) is 5.43. The lowest BCUT2D eigenvalue weighted by Gasteiger charge is -2.12. The Morgan fingerprint density at radius 3 is 1.76 bits per heavy atom. The monoisotopic (exact) mass is 220 g/mol. The Labute approximate surface area is 101 Å². The van der Waals surface area contributed by atoms with Crippen molar-refractivity contribution in [2.45, 2.75) is 6.04 Å². The van der Waals surface area contributed by atoms with Crippen LogP contribution < -0.4 is 0 Å². The van der Waals surface area contributed by atoms with Crippen LogP contribution in [0.25, 0.3) is 0 Å². The second-order valence-electron chi connectivity index (χ2n) is 3.63. The summed E-state index contributed by atoms with van der Waals surface area (Å²) in [5, 5.41) is 8.61. The fourth-order valence-corrected chi connectivity index (χ4v) is 1.74. The van der Waals surface area contributed by atoms with Crippen LogP contribution in [0, 0.1) is 11.3 Å². The Kier molecular flexibility index (Phi) is 3.67. The zero-order valence-corrected chi connectivity index (χ0v) is 9.32. The summed E-state index contributed by atoms with van der Waals surface area (Å²) in [4.78, 5) is 4.30.